The Labute approximate surface area is 212 Å². The number of anilines is 1. The number of hydrogen-bond acceptors (Lipinski definition) is 5. The number of sulfonamides is 1. The molecule has 2 aromatic carbocycles. The summed E-state index contributed by atoms with van der Waals surface area (Å²) in [4.78, 5) is 4.02. The molecule has 0 radical (unpaired) electrons. The van der Waals surface area contributed by atoms with Gasteiger partial charge in [0.2, 0.25) is 15.9 Å². The average Bonchev–Trinajstić information content (AvgIpc) is 3.57. The minimum Gasteiger partial charge on any atom is -0.492 e. The SMILES string of the molecule is CCS(=O)(=O)Nc1cc(-c2cn(C)c3c(O)nccc23)cc2c1ccn2Cc1cccc2ccsc12. The molecule has 7 nitrogen and oxygen atoms in total. The maximum atomic E-state index is 12.6. The van der Waals surface area contributed by atoms with Gasteiger partial charge in [0.25, 0.3) is 0 Å². The molecule has 0 bridgehead atoms. The molecule has 0 unspecified atom stereocenters. The molecule has 0 aliphatic carbocycles. The van der Waals surface area contributed by atoms with Crippen LogP contribution in [0.2, 0.25) is 0 Å². The van der Waals surface area contributed by atoms with E-state index in [1.54, 1.807) is 24.5 Å². The lowest BCUT2D eigenvalue weighted by Crippen LogP contribution is -2.14. The molecule has 0 fully saturated rings. The maximum Gasteiger partial charge on any atom is 0.236 e. The Balaban J connectivity index is 1.57. The predicted octanol–water partition coefficient (Wildman–Crippen LogP) is 5.93. The Morgan fingerprint density at radius 1 is 1.11 bits per heavy atom. The number of fused-ring (bicyclic) bond motifs is 3. The van der Waals surface area contributed by atoms with Gasteiger partial charge >= 0.3 is 0 Å². The van der Waals surface area contributed by atoms with Gasteiger partial charge < -0.3 is 14.2 Å². The summed E-state index contributed by atoms with van der Waals surface area (Å²) in [5.41, 5.74) is 5.03. The van der Waals surface area contributed by atoms with E-state index in [1.165, 1.54) is 15.6 Å². The molecular formula is C27H24N4O3S2. The fourth-order valence-corrected chi connectivity index (χ4v) is 6.40. The van der Waals surface area contributed by atoms with Crippen LogP contribution < -0.4 is 4.72 Å². The van der Waals surface area contributed by atoms with Gasteiger partial charge in [0.15, 0.2) is 0 Å². The maximum absolute atomic E-state index is 12.6. The van der Waals surface area contributed by atoms with E-state index in [0.29, 0.717) is 17.7 Å². The second kappa shape index (κ2) is 8.39. The van der Waals surface area contributed by atoms with Crippen LogP contribution in [0.4, 0.5) is 5.69 Å². The Morgan fingerprint density at radius 3 is 2.81 bits per heavy atom. The number of aryl methyl sites for hydroxylation is 1. The summed E-state index contributed by atoms with van der Waals surface area (Å²) in [6.07, 6.45) is 5.51. The Bertz CT molecular complexity index is 1880. The molecule has 6 rings (SSSR count). The second-order valence-electron chi connectivity index (χ2n) is 8.85. The number of pyridine rings is 1. The molecule has 2 N–H and O–H groups in total. The Morgan fingerprint density at radius 2 is 1.97 bits per heavy atom. The number of nitrogens with one attached hydrogen (secondary N) is 1. The van der Waals surface area contributed by atoms with Crippen molar-refractivity contribution in [1.29, 1.82) is 0 Å². The quantitative estimate of drug-likeness (QED) is 0.287. The number of aromatic nitrogens is 3. The molecule has 0 saturated heterocycles. The standard InChI is InChI=1S/C27H24N4O3S2/c1-3-36(33,34)29-23-13-19(22-16-30(2)25-20(22)7-10-28-27(25)32)14-24-21(23)8-11-31(24)15-18-6-4-5-17-9-12-35-26(17)18/h4-14,16,29H,3,15H2,1-2H3,(H,28,32). The van der Waals surface area contributed by atoms with Gasteiger partial charge in [-0.25, -0.2) is 13.4 Å². The van der Waals surface area contributed by atoms with Gasteiger partial charge in [-0.05, 0) is 59.1 Å². The van der Waals surface area contributed by atoms with Crippen LogP contribution in [-0.2, 0) is 23.6 Å². The molecule has 0 atom stereocenters. The molecule has 0 spiro atoms. The molecule has 182 valence electrons. The molecule has 0 amide bonds. The van der Waals surface area contributed by atoms with E-state index in [0.717, 1.165) is 27.4 Å². The van der Waals surface area contributed by atoms with Crippen molar-refractivity contribution in [2.45, 2.75) is 13.5 Å². The summed E-state index contributed by atoms with van der Waals surface area (Å²) < 4.78 is 33.2. The van der Waals surface area contributed by atoms with Crippen molar-refractivity contribution in [2.75, 3.05) is 10.5 Å². The van der Waals surface area contributed by atoms with Crippen molar-refractivity contribution in [2.24, 2.45) is 7.05 Å². The first kappa shape index (κ1) is 22.6. The largest absolute Gasteiger partial charge is 0.492 e. The Hall–Kier alpha value is -3.82. The van der Waals surface area contributed by atoms with Gasteiger partial charge in [-0.1, -0.05) is 18.2 Å². The van der Waals surface area contributed by atoms with Gasteiger partial charge in [-0.3, -0.25) is 4.72 Å². The van der Waals surface area contributed by atoms with Crippen molar-refractivity contribution in [3.63, 3.8) is 0 Å². The molecule has 0 aliphatic rings. The van der Waals surface area contributed by atoms with Crippen LogP contribution >= 0.6 is 11.3 Å². The van der Waals surface area contributed by atoms with E-state index in [-0.39, 0.29) is 11.6 Å². The number of aromatic hydroxyl groups is 1. The first-order valence-corrected chi connectivity index (χ1v) is 14.1. The molecule has 0 saturated carbocycles. The van der Waals surface area contributed by atoms with E-state index in [4.69, 9.17) is 0 Å². The van der Waals surface area contributed by atoms with Crippen molar-refractivity contribution in [3.05, 3.63) is 78.1 Å². The molecular weight excluding hydrogens is 492 g/mol. The lowest BCUT2D eigenvalue weighted by atomic mass is 10.0. The van der Waals surface area contributed by atoms with E-state index in [1.807, 2.05) is 42.2 Å². The highest BCUT2D eigenvalue weighted by molar-refractivity contribution is 7.92. The number of hydrogen-bond donors (Lipinski definition) is 2. The summed E-state index contributed by atoms with van der Waals surface area (Å²) in [6.45, 7) is 2.28. The van der Waals surface area contributed by atoms with Crippen molar-refractivity contribution >= 4 is 58.9 Å². The zero-order chi connectivity index (χ0) is 25.0. The van der Waals surface area contributed by atoms with Crippen molar-refractivity contribution < 1.29 is 13.5 Å². The molecule has 6 aromatic rings. The van der Waals surface area contributed by atoms with E-state index < -0.39 is 10.0 Å². The Kier molecular flexibility index (Phi) is 5.27. The summed E-state index contributed by atoms with van der Waals surface area (Å²) >= 11 is 1.72. The minimum absolute atomic E-state index is 0.0202. The summed E-state index contributed by atoms with van der Waals surface area (Å²) in [5, 5.41) is 15.3. The summed E-state index contributed by atoms with van der Waals surface area (Å²) in [5.74, 6) is -0.0604. The van der Waals surface area contributed by atoms with Crippen LogP contribution in [0.5, 0.6) is 5.88 Å². The monoisotopic (exact) mass is 516 g/mol. The average molecular weight is 517 g/mol. The molecule has 0 aliphatic heterocycles. The van der Waals surface area contributed by atoms with Crippen LogP contribution in [0, 0.1) is 0 Å². The second-order valence-corrected chi connectivity index (χ2v) is 11.8. The van der Waals surface area contributed by atoms with Crippen LogP contribution in [0.15, 0.2) is 72.5 Å². The van der Waals surface area contributed by atoms with Gasteiger partial charge in [0.1, 0.15) is 5.52 Å². The predicted molar refractivity (Wildman–Crippen MR) is 147 cm³/mol. The lowest BCUT2D eigenvalue weighted by molar-refractivity contribution is 0.457. The highest BCUT2D eigenvalue weighted by Gasteiger charge is 2.18. The number of nitrogens with zero attached hydrogens (tertiary/aromatic N) is 3. The van der Waals surface area contributed by atoms with Gasteiger partial charge in [-0.15, -0.1) is 11.3 Å². The third-order valence-electron chi connectivity index (χ3n) is 6.62. The van der Waals surface area contributed by atoms with E-state index in [2.05, 4.69) is 50.0 Å². The number of rotatable bonds is 6. The van der Waals surface area contributed by atoms with E-state index >= 15 is 0 Å². The number of benzene rings is 2. The normalized spacial score (nSPS) is 12.2. The van der Waals surface area contributed by atoms with Crippen LogP contribution in [0.3, 0.4) is 0 Å². The zero-order valence-electron chi connectivity index (χ0n) is 19.8. The highest BCUT2D eigenvalue weighted by atomic mass is 32.2. The molecule has 9 heteroatoms. The summed E-state index contributed by atoms with van der Waals surface area (Å²) in [6, 6.07) is 16.2. The first-order valence-electron chi connectivity index (χ1n) is 11.6. The van der Waals surface area contributed by atoms with Gasteiger partial charge in [-0.2, -0.15) is 0 Å². The summed E-state index contributed by atoms with van der Waals surface area (Å²) in [7, 11) is -1.63. The van der Waals surface area contributed by atoms with Gasteiger partial charge in [0, 0.05) is 53.2 Å². The topological polar surface area (TPSA) is 89.2 Å². The van der Waals surface area contributed by atoms with Crippen LogP contribution in [0.25, 0.3) is 43.0 Å². The van der Waals surface area contributed by atoms with Crippen molar-refractivity contribution in [3.8, 4) is 17.0 Å². The number of thiophene rings is 1. The highest BCUT2D eigenvalue weighted by Crippen LogP contribution is 2.38. The van der Waals surface area contributed by atoms with Gasteiger partial charge in [0.05, 0.1) is 17.0 Å². The van der Waals surface area contributed by atoms with Crippen LogP contribution in [-0.4, -0.2) is 33.4 Å². The molecule has 36 heavy (non-hydrogen) atoms. The zero-order valence-corrected chi connectivity index (χ0v) is 21.4. The fourth-order valence-electron chi connectivity index (χ4n) is 4.84. The van der Waals surface area contributed by atoms with E-state index in [9.17, 15) is 13.5 Å². The van der Waals surface area contributed by atoms with Crippen LogP contribution in [0.1, 0.15) is 12.5 Å². The first-order chi connectivity index (χ1) is 17.3. The fraction of sp³-hybridized carbons (Fsp3) is 0.148. The minimum atomic E-state index is -3.49. The lowest BCUT2D eigenvalue weighted by Gasteiger charge is -2.13. The smallest absolute Gasteiger partial charge is 0.236 e. The third kappa shape index (κ3) is 3.71. The van der Waals surface area contributed by atoms with Crippen molar-refractivity contribution in [1.82, 2.24) is 14.1 Å². The molecule has 4 heterocycles. The molecule has 4 aromatic heterocycles. The third-order valence-corrected chi connectivity index (χ3v) is 8.91.